The van der Waals surface area contributed by atoms with Crippen LogP contribution in [0.1, 0.15) is 129 Å². The molecule has 18 nitrogen and oxygen atoms in total. The van der Waals surface area contributed by atoms with E-state index in [2.05, 4.69) is 18.0 Å². The van der Waals surface area contributed by atoms with Gasteiger partial charge in [-0.1, -0.05) is 52.9 Å². The van der Waals surface area contributed by atoms with E-state index in [9.17, 15) is 39.3 Å². The number of carbonyl (C=O) groups excluding carboxylic acids is 5. The molecule has 0 bridgehead atoms. The summed E-state index contributed by atoms with van der Waals surface area (Å²) in [5, 5.41) is 33.1. The minimum Gasteiger partial charge on any atom is -0.463 e. The number of ether oxygens (including phenoxy) is 8. The third kappa shape index (κ3) is 22.8. The summed E-state index contributed by atoms with van der Waals surface area (Å²) in [6.07, 6.45) is -3.03. The molecule has 6 N–H and O–H groups in total. The molecule has 2 rings (SSSR count). The molecule has 358 valence electrons. The zero-order valence-electron chi connectivity index (χ0n) is 39.2. The average Bonchev–Trinajstić information content (AvgIpc) is 3.16. The highest BCUT2D eigenvalue weighted by molar-refractivity contribution is 5.81. The van der Waals surface area contributed by atoms with E-state index < -0.39 is 96.1 Å². The number of unbranched alkanes of at least 4 members (excludes halogenated alkanes) is 5. The molecule has 0 spiro atoms. The first kappa shape index (κ1) is 58.0. The molecule has 0 aromatic rings. The zero-order chi connectivity index (χ0) is 47.2. The fraction of sp³-hybridized carbons (Fsp3) is 0.884. The molecule has 1 amide bonds. The molecule has 18 heteroatoms. The molecule has 61 heavy (non-hydrogen) atoms. The van der Waals surface area contributed by atoms with E-state index in [1.807, 2.05) is 13.8 Å². The summed E-state index contributed by atoms with van der Waals surface area (Å²) in [5.41, 5.74) is 3.26. The third-order valence-corrected chi connectivity index (χ3v) is 9.56. The Morgan fingerprint density at radius 1 is 0.689 bits per heavy atom. The number of nitrogens with one attached hydrogen (secondary N) is 1. The fourth-order valence-corrected chi connectivity index (χ4v) is 5.98. The predicted molar refractivity (Wildman–Crippen MR) is 224 cm³/mol. The highest BCUT2D eigenvalue weighted by Crippen LogP contribution is 2.34. The van der Waals surface area contributed by atoms with Gasteiger partial charge >= 0.3 is 23.9 Å². The van der Waals surface area contributed by atoms with Gasteiger partial charge < -0.3 is 64.3 Å². The van der Waals surface area contributed by atoms with E-state index in [0.29, 0.717) is 6.54 Å². The molecular weight excluding hydrogens is 800 g/mol. The second kappa shape index (κ2) is 28.7. The van der Waals surface area contributed by atoms with Crippen molar-refractivity contribution in [3.8, 4) is 0 Å². The zero-order valence-corrected chi connectivity index (χ0v) is 39.2. The Morgan fingerprint density at radius 2 is 1.18 bits per heavy atom. The lowest BCUT2D eigenvalue weighted by Crippen LogP contribution is -2.62. The summed E-state index contributed by atoms with van der Waals surface area (Å²) in [7, 11) is 1.50. The summed E-state index contributed by atoms with van der Waals surface area (Å²) in [5.74, 6) is -3.60. The van der Waals surface area contributed by atoms with Gasteiger partial charge in [0.1, 0.15) is 36.1 Å². The quantitative estimate of drug-likeness (QED) is 0.0708. The van der Waals surface area contributed by atoms with Crippen LogP contribution in [-0.2, 0) is 61.9 Å². The van der Waals surface area contributed by atoms with Crippen molar-refractivity contribution in [3.63, 3.8) is 0 Å². The van der Waals surface area contributed by atoms with Crippen LogP contribution in [0, 0.1) is 23.7 Å². The van der Waals surface area contributed by atoms with Crippen molar-refractivity contribution in [2.45, 2.75) is 189 Å². The average molecular weight is 881 g/mol. The number of nitrogens with two attached hydrogens (primary N) is 1. The van der Waals surface area contributed by atoms with Crippen molar-refractivity contribution in [3.05, 3.63) is 0 Å². The number of hydrogen-bond donors (Lipinski definition) is 5. The lowest BCUT2D eigenvalue weighted by atomic mass is 9.83. The first-order valence-electron chi connectivity index (χ1n) is 21.5. The van der Waals surface area contributed by atoms with Crippen LogP contribution in [0.15, 0.2) is 0 Å². The number of rotatable bonds is 19. The Kier molecular flexibility index (Phi) is 27.3. The number of hydrogen-bond acceptors (Lipinski definition) is 17. The van der Waals surface area contributed by atoms with Crippen molar-refractivity contribution in [2.24, 2.45) is 29.4 Å². The highest BCUT2D eigenvalue weighted by Gasteiger charge is 2.48. The van der Waals surface area contributed by atoms with Gasteiger partial charge in [-0.2, -0.15) is 0 Å². The van der Waals surface area contributed by atoms with Crippen LogP contribution in [0.2, 0.25) is 0 Å². The number of esters is 4. The predicted octanol–water partition coefficient (Wildman–Crippen LogP) is 3.31. The molecule has 2 fully saturated rings. The van der Waals surface area contributed by atoms with Gasteiger partial charge in [-0.3, -0.25) is 24.0 Å². The smallest absolute Gasteiger partial charge is 0.311 e. The normalized spacial score (nSPS) is 27.4. The second-order valence-electron chi connectivity index (χ2n) is 17.6. The van der Waals surface area contributed by atoms with Crippen molar-refractivity contribution >= 4 is 29.8 Å². The maximum Gasteiger partial charge on any atom is 0.311 e. The molecular formula is C43H80N2O16. The molecule has 2 aliphatic heterocycles. The van der Waals surface area contributed by atoms with Crippen LogP contribution in [-0.4, -0.2) is 139 Å². The van der Waals surface area contributed by atoms with Crippen LogP contribution in [0.4, 0.5) is 0 Å². The van der Waals surface area contributed by atoms with Crippen LogP contribution in [0.5, 0.6) is 0 Å². The molecule has 0 saturated carbocycles. The molecule has 0 radical (unpaired) electrons. The van der Waals surface area contributed by atoms with Gasteiger partial charge in [0.2, 0.25) is 0 Å². The minimum atomic E-state index is -1.62. The van der Waals surface area contributed by atoms with Gasteiger partial charge in [0.05, 0.1) is 31.2 Å². The fourth-order valence-electron chi connectivity index (χ4n) is 5.98. The molecule has 12 atom stereocenters. The lowest BCUT2D eigenvalue weighted by Gasteiger charge is -2.43. The number of amides is 1. The van der Waals surface area contributed by atoms with E-state index in [-0.39, 0.29) is 37.6 Å². The molecule has 2 heterocycles. The Morgan fingerprint density at radius 3 is 1.66 bits per heavy atom. The van der Waals surface area contributed by atoms with Gasteiger partial charge in [0.15, 0.2) is 24.8 Å². The van der Waals surface area contributed by atoms with Crippen LogP contribution < -0.4 is 11.1 Å². The van der Waals surface area contributed by atoms with E-state index >= 15 is 0 Å². The van der Waals surface area contributed by atoms with Crippen LogP contribution in [0.25, 0.3) is 0 Å². The van der Waals surface area contributed by atoms with Gasteiger partial charge in [0.25, 0.3) is 5.91 Å². The summed E-state index contributed by atoms with van der Waals surface area (Å²) in [6, 6.07) is 0. The Bertz CT molecular complexity index is 1300. The molecule has 0 aromatic carbocycles. The van der Waals surface area contributed by atoms with E-state index in [4.69, 9.17) is 37.9 Å². The van der Waals surface area contributed by atoms with Crippen molar-refractivity contribution in [1.82, 2.24) is 5.32 Å². The first-order valence-corrected chi connectivity index (χ1v) is 21.5. The van der Waals surface area contributed by atoms with Crippen molar-refractivity contribution in [1.29, 1.82) is 0 Å². The Hall–Kier alpha value is -2.97. The standard InChI is InChI=1S/C22H41NO8.C20H34O8.CH5N/c1-6-7-8-9-10-11-12-23-19(27)18-16(25)15(24)17(26)21(30-18)29-13-14(2)20(28)31-22(3,4)5;1-11(18(23)28-20(6,7)8)9-25-19-17(26-15(5)22)13(3)12(2)16(27-19)10-24-14(4)21;1-2/h14-18,21,24-26H,6-13H2,1-5H3,(H,23,27);11-13,16-17,19H,9-10H2,1-8H3;2H2,1H3/t14?,15-,16-,17?,18?,21-;11?,12-,13-,16?,17?,19-;/m00./s1. The molecule has 2 aliphatic rings. The topological polar surface area (TPSA) is 258 Å². The van der Waals surface area contributed by atoms with Gasteiger partial charge in [-0.15, -0.1) is 0 Å². The third-order valence-electron chi connectivity index (χ3n) is 9.56. The summed E-state index contributed by atoms with van der Waals surface area (Å²) >= 11 is 0. The lowest BCUT2D eigenvalue weighted by molar-refractivity contribution is -0.292. The monoisotopic (exact) mass is 881 g/mol. The molecule has 0 aromatic heterocycles. The van der Waals surface area contributed by atoms with Crippen LogP contribution >= 0.6 is 0 Å². The van der Waals surface area contributed by atoms with Crippen LogP contribution in [0.3, 0.4) is 0 Å². The van der Waals surface area contributed by atoms with Gasteiger partial charge in [-0.05, 0) is 74.8 Å². The highest BCUT2D eigenvalue weighted by atomic mass is 16.7. The SMILES string of the molecule is CC(=O)OCC1O[C@H](OCC(C)C(=O)OC(C)(C)C)C(OC(C)=O)[C@@H](C)[C@@H]1C.CCCCCCCCNC(=O)C1O[C@H](OCC(C)C(=O)OC(C)(C)C)C(O)[C@@H](O)[C@@H]1O.CN. The van der Waals surface area contributed by atoms with E-state index in [0.717, 1.165) is 19.3 Å². The Balaban J connectivity index is 0.00000114. The second-order valence-corrected chi connectivity index (χ2v) is 17.6. The maximum absolute atomic E-state index is 12.4. The summed E-state index contributed by atoms with van der Waals surface area (Å²) in [6.45, 7) is 23.0. The van der Waals surface area contributed by atoms with E-state index in [1.165, 1.54) is 40.2 Å². The number of aliphatic hydroxyl groups is 3. The molecule has 6 unspecified atom stereocenters. The maximum atomic E-state index is 12.4. The summed E-state index contributed by atoms with van der Waals surface area (Å²) in [4.78, 5) is 59.3. The summed E-state index contributed by atoms with van der Waals surface area (Å²) < 4.78 is 43.8. The van der Waals surface area contributed by atoms with Crippen molar-refractivity contribution < 1.29 is 77.2 Å². The molecule has 2 saturated heterocycles. The Labute approximate surface area is 363 Å². The van der Waals surface area contributed by atoms with Gasteiger partial charge in [-0.25, -0.2) is 0 Å². The van der Waals surface area contributed by atoms with Crippen molar-refractivity contribution in [2.75, 3.05) is 33.4 Å². The van der Waals surface area contributed by atoms with E-state index in [1.54, 1.807) is 55.4 Å². The minimum absolute atomic E-state index is 0.0353. The van der Waals surface area contributed by atoms with Gasteiger partial charge in [0, 0.05) is 26.3 Å². The largest absolute Gasteiger partial charge is 0.463 e. The number of carbonyl (C=O) groups is 5. The number of aliphatic hydroxyl groups excluding tert-OH is 3. The molecule has 0 aliphatic carbocycles. The first-order chi connectivity index (χ1) is 28.3.